The number of fused-ring (bicyclic) bond motifs is 18. The number of hydrogen-bond acceptors (Lipinski definition) is 1. The summed E-state index contributed by atoms with van der Waals surface area (Å²) in [5.41, 5.74) is 27.7. The maximum Gasteiger partial charge on any atom is 0.0468 e. The molecule has 0 radical (unpaired) electrons. The van der Waals surface area contributed by atoms with Gasteiger partial charge in [0, 0.05) is 38.7 Å². The van der Waals surface area contributed by atoms with Crippen molar-refractivity contribution in [3.63, 3.8) is 0 Å². The lowest BCUT2D eigenvalue weighted by Crippen LogP contribution is -2.24. The minimum atomic E-state index is -0.202. The fourth-order valence-corrected chi connectivity index (χ4v) is 15.4. The molecule has 4 aliphatic carbocycles. The van der Waals surface area contributed by atoms with E-state index in [1.165, 1.54) is 143 Å². The van der Waals surface area contributed by atoms with Crippen LogP contribution < -0.4 is 4.90 Å². The summed E-state index contributed by atoms with van der Waals surface area (Å²) in [7, 11) is 0. The fourth-order valence-electron chi connectivity index (χ4n) is 15.4. The van der Waals surface area contributed by atoms with Crippen molar-refractivity contribution < 1.29 is 0 Å². The Morgan fingerprint density at radius 1 is 0.221 bits per heavy atom. The van der Waals surface area contributed by atoms with Gasteiger partial charge >= 0.3 is 0 Å². The maximum absolute atomic E-state index is 2.52. The molecule has 1 nitrogen and oxygen atoms in total. The van der Waals surface area contributed by atoms with Crippen LogP contribution in [0.4, 0.5) is 17.1 Å². The molecule has 0 amide bonds. The molecular formula is C76H59N. The average molecular weight is 986 g/mol. The van der Waals surface area contributed by atoms with Gasteiger partial charge in [0.25, 0.3) is 0 Å². The van der Waals surface area contributed by atoms with Gasteiger partial charge in [-0.1, -0.05) is 183 Å². The Hall–Kier alpha value is -8.52. The topological polar surface area (TPSA) is 3.24 Å². The van der Waals surface area contributed by atoms with Crippen molar-refractivity contribution in [1.82, 2.24) is 0 Å². The van der Waals surface area contributed by atoms with Crippen LogP contribution in [0.2, 0.25) is 0 Å². The molecule has 12 aromatic carbocycles. The molecule has 0 atom stereocenters. The van der Waals surface area contributed by atoms with E-state index in [1.54, 1.807) is 0 Å². The predicted molar refractivity (Wildman–Crippen MR) is 327 cm³/mol. The first-order valence-electron chi connectivity index (χ1n) is 27.7. The van der Waals surface area contributed by atoms with E-state index >= 15 is 0 Å². The van der Waals surface area contributed by atoms with Crippen molar-refractivity contribution in [3.05, 3.63) is 257 Å². The van der Waals surface area contributed by atoms with Gasteiger partial charge in [-0.25, -0.2) is 0 Å². The van der Waals surface area contributed by atoms with Crippen molar-refractivity contribution in [3.8, 4) is 55.6 Å². The van der Waals surface area contributed by atoms with Gasteiger partial charge in [-0.2, -0.15) is 0 Å². The maximum atomic E-state index is 2.52. The molecule has 0 saturated carbocycles. The number of anilines is 3. The highest BCUT2D eigenvalue weighted by atomic mass is 15.1. The summed E-state index contributed by atoms with van der Waals surface area (Å²) >= 11 is 0. The van der Waals surface area contributed by atoms with Crippen LogP contribution in [0.15, 0.2) is 212 Å². The lowest BCUT2D eigenvalue weighted by molar-refractivity contribution is 0.602. The quantitative estimate of drug-likeness (QED) is 0.170. The second-order valence-electron chi connectivity index (χ2n) is 24.9. The highest BCUT2D eigenvalue weighted by Crippen LogP contribution is 2.62. The first kappa shape index (κ1) is 44.7. The molecule has 0 aliphatic heterocycles. The van der Waals surface area contributed by atoms with Crippen LogP contribution in [0.25, 0.3) is 98.7 Å². The number of benzene rings is 12. The van der Waals surface area contributed by atoms with Crippen LogP contribution in [-0.2, 0) is 21.7 Å². The van der Waals surface area contributed by atoms with Crippen LogP contribution in [0.1, 0.15) is 99.9 Å². The van der Waals surface area contributed by atoms with E-state index in [-0.39, 0.29) is 21.7 Å². The van der Waals surface area contributed by atoms with E-state index in [4.69, 9.17) is 0 Å². The third-order valence-corrected chi connectivity index (χ3v) is 19.2. The second kappa shape index (κ2) is 15.1. The predicted octanol–water partition coefficient (Wildman–Crippen LogP) is 20.7. The Kier molecular flexibility index (Phi) is 8.78. The molecule has 0 fully saturated rings. The highest BCUT2D eigenvalue weighted by molar-refractivity contribution is 6.03. The van der Waals surface area contributed by atoms with Gasteiger partial charge in [-0.05, 0) is 228 Å². The monoisotopic (exact) mass is 985 g/mol. The minimum absolute atomic E-state index is 0.137. The molecule has 1 heteroatoms. The molecule has 12 aromatic rings. The van der Waals surface area contributed by atoms with E-state index in [0.717, 1.165) is 17.1 Å². The van der Waals surface area contributed by atoms with Gasteiger partial charge in [0.2, 0.25) is 0 Å². The van der Waals surface area contributed by atoms with Crippen molar-refractivity contribution >= 4 is 60.2 Å². The molecule has 0 N–H and O–H groups in total. The molecule has 0 aromatic heterocycles. The molecule has 0 unspecified atom stereocenters. The smallest absolute Gasteiger partial charge is 0.0468 e. The Balaban J connectivity index is 0.820. The zero-order valence-electron chi connectivity index (χ0n) is 45.2. The van der Waals surface area contributed by atoms with E-state index in [2.05, 4.69) is 273 Å². The van der Waals surface area contributed by atoms with Crippen LogP contribution >= 0.6 is 0 Å². The normalized spacial score (nSPS) is 15.9. The van der Waals surface area contributed by atoms with Gasteiger partial charge in [-0.15, -0.1) is 0 Å². The Labute approximate surface area is 452 Å². The standard InChI is InChI=1S/C76H59N/c1-73(2)65-40-48-20-14-12-18-46(48)36-61(65)57-30-32-59-63-38-50-24-28-55(34-52(50)42-67(63)75(5,6)71(59)69(57)73)77(54-26-22-45(23-27-54)44-16-10-9-11-17-44)56-29-25-51-39-64-60-33-31-58-62-37-47-19-13-15-21-49(47)41-66(62)74(3,4)70(58)72(60)76(7,8)68(64)43-53(51)35-56/h9-43H,1-8H3. The molecule has 0 saturated heterocycles. The molecule has 4 aliphatic rings. The summed E-state index contributed by atoms with van der Waals surface area (Å²) < 4.78 is 0. The van der Waals surface area contributed by atoms with E-state index in [1.807, 2.05) is 0 Å². The summed E-state index contributed by atoms with van der Waals surface area (Å²) in [6.07, 6.45) is 0. The average Bonchev–Trinajstić information content (AvgIpc) is 4.17. The SMILES string of the molecule is CC1(C)c2cc3ccccc3cc2-c2ccc3c(c21)C(C)(C)c1cc2cc(N(c4ccc(-c5ccccc5)cc4)c4ccc5cc6c(cc5c4)C(C)(C)c4c-6ccc5c4C(C)(C)c4cc6ccccc6cc4-5)ccc2cc1-3. The van der Waals surface area contributed by atoms with Gasteiger partial charge in [0.05, 0.1) is 0 Å². The molecule has 77 heavy (non-hydrogen) atoms. The van der Waals surface area contributed by atoms with Gasteiger partial charge in [0.15, 0.2) is 0 Å². The zero-order chi connectivity index (χ0) is 52.1. The van der Waals surface area contributed by atoms with Gasteiger partial charge in [0.1, 0.15) is 0 Å². The van der Waals surface area contributed by atoms with Crippen molar-refractivity contribution in [2.24, 2.45) is 0 Å². The van der Waals surface area contributed by atoms with E-state index in [0.29, 0.717) is 0 Å². The first-order valence-corrected chi connectivity index (χ1v) is 27.7. The number of hydrogen-bond donors (Lipinski definition) is 0. The van der Waals surface area contributed by atoms with Crippen LogP contribution in [0.3, 0.4) is 0 Å². The second-order valence-corrected chi connectivity index (χ2v) is 24.9. The summed E-state index contributed by atoms with van der Waals surface area (Å²) in [4.78, 5) is 2.47. The molecular weight excluding hydrogens is 927 g/mol. The van der Waals surface area contributed by atoms with Crippen LogP contribution in [0, 0.1) is 0 Å². The van der Waals surface area contributed by atoms with Crippen LogP contribution in [0.5, 0.6) is 0 Å². The van der Waals surface area contributed by atoms with Crippen LogP contribution in [-0.4, -0.2) is 0 Å². The summed E-state index contributed by atoms with van der Waals surface area (Å²) in [5, 5.41) is 10.2. The number of rotatable bonds is 4. The minimum Gasteiger partial charge on any atom is -0.310 e. The lowest BCUT2D eigenvalue weighted by atomic mass is 9.72. The van der Waals surface area contributed by atoms with Crippen molar-refractivity contribution in [2.45, 2.75) is 77.0 Å². The van der Waals surface area contributed by atoms with Gasteiger partial charge in [-0.3, -0.25) is 0 Å². The third-order valence-electron chi connectivity index (χ3n) is 19.2. The van der Waals surface area contributed by atoms with E-state index < -0.39 is 0 Å². The Bertz CT molecular complexity index is 4350. The summed E-state index contributed by atoms with van der Waals surface area (Å²) in [6, 6.07) is 81.3. The van der Waals surface area contributed by atoms with E-state index in [9.17, 15) is 0 Å². The molecule has 16 rings (SSSR count). The lowest BCUT2D eigenvalue weighted by Gasteiger charge is -2.31. The Morgan fingerprint density at radius 3 is 0.870 bits per heavy atom. The fraction of sp³-hybridized carbons (Fsp3) is 0.158. The largest absolute Gasteiger partial charge is 0.310 e. The molecule has 0 heterocycles. The Morgan fingerprint density at radius 2 is 0.506 bits per heavy atom. The zero-order valence-corrected chi connectivity index (χ0v) is 45.2. The molecule has 0 spiro atoms. The molecule has 0 bridgehead atoms. The number of nitrogens with zero attached hydrogens (tertiary/aromatic N) is 1. The summed E-state index contributed by atoms with van der Waals surface area (Å²) in [5.74, 6) is 0. The van der Waals surface area contributed by atoms with Crippen molar-refractivity contribution in [2.75, 3.05) is 4.90 Å². The molecule has 368 valence electrons. The van der Waals surface area contributed by atoms with Crippen molar-refractivity contribution in [1.29, 1.82) is 0 Å². The highest BCUT2D eigenvalue weighted by Gasteiger charge is 2.48. The summed E-state index contributed by atoms with van der Waals surface area (Å²) in [6.45, 7) is 19.6. The first-order chi connectivity index (χ1) is 37.2. The third kappa shape index (κ3) is 6.01. The van der Waals surface area contributed by atoms with Gasteiger partial charge < -0.3 is 4.90 Å².